The molecule has 0 unspecified atom stereocenters. The lowest BCUT2D eigenvalue weighted by Crippen LogP contribution is -2.17. The molecule has 0 bridgehead atoms. The maximum Gasteiger partial charge on any atom is 0.255 e. The Morgan fingerprint density at radius 1 is 1.29 bits per heavy atom. The average molecular weight is 477 g/mol. The molecule has 0 atom stereocenters. The molecule has 0 aromatic heterocycles. The lowest BCUT2D eigenvalue weighted by atomic mass is 10.1. The Kier molecular flexibility index (Phi) is 5.17. The highest BCUT2D eigenvalue weighted by molar-refractivity contribution is 14.1. The van der Waals surface area contributed by atoms with Gasteiger partial charge < -0.3 is 16.2 Å². The van der Waals surface area contributed by atoms with E-state index < -0.39 is 0 Å². The van der Waals surface area contributed by atoms with Gasteiger partial charge in [-0.1, -0.05) is 28.1 Å². The molecule has 0 saturated heterocycles. The Labute approximate surface area is 149 Å². The number of aromatic hydroxyl groups is 1. The highest BCUT2D eigenvalue weighted by atomic mass is 127. The van der Waals surface area contributed by atoms with Gasteiger partial charge in [-0.2, -0.15) is 0 Å². The van der Waals surface area contributed by atoms with Crippen LogP contribution in [0.25, 0.3) is 0 Å². The van der Waals surface area contributed by atoms with Crippen LogP contribution in [0.2, 0.25) is 0 Å². The predicted molar refractivity (Wildman–Crippen MR) is 98.8 cm³/mol. The van der Waals surface area contributed by atoms with Crippen LogP contribution in [0.4, 0.5) is 5.69 Å². The average Bonchev–Trinajstić information content (AvgIpc) is 2.43. The van der Waals surface area contributed by atoms with Gasteiger partial charge >= 0.3 is 0 Å². The van der Waals surface area contributed by atoms with Crippen LogP contribution in [-0.2, 0) is 0 Å². The Balaban J connectivity index is 2.31. The molecule has 2 rings (SSSR count). The van der Waals surface area contributed by atoms with Crippen LogP contribution in [0.5, 0.6) is 5.75 Å². The SMILES string of the molecule is NC(=S)c1cc(Br)ccc1NC(=O)c1ccc(I)c(O)c1. The van der Waals surface area contributed by atoms with Crippen LogP contribution in [0.1, 0.15) is 15.9 Å². The standard InChI is InChI=1S/C14H10BrIN2O2S/c15-8-2-4-11(9(6-8)13(17)21)18-14(20)7-1-3-10(16)12(19)5-7/h1-6,19H,(H2,17,21)(H,18,20). The maximum absolute atomic E-state index is 12.2. The molecule has 108 valence electrons. The normalized spacial score (nSPS) is 10.2. The second-order valence-electron chi connectivity index (χ2n) is 4.17. The number of nitrogens with one attached hydrogen (secondary N) is 1. The molecule has 7 heteroatoms. The van der Waals surface area contributed by atoms with E-state index in [-0.39, 0.29) is 16.6 Å². The molecule has 0 fully saturated rings. The molecule has 0 spiro atoms. The number of rotatable bonds is 3. The summed E-state index contributed by atoms with van der Waals surface area (Å²) in [5.74, 6) is -0.282. The van der Waals surface area contributed by atoms with E-state index >= 15 is 0 Å². The molecule has 1 amide bonds. The van der Waals surface area contributed by atoms with Gasteiger partial charge in [0, 0.05) is 15.6 Å². The van der Waals surface area contributed by atoms with Gasteiger partial charge in [0.1, 0.15) is 10.7 Å². The van der Waals surface area contributed by atoms with Crippen molar-refractivity contribution in [3.63, 3.8) is 0 Å². The number of phenolic OH excluding ortho intramolecular Hbond substituents is 1. The van der Waals surface area contributed by atoms with Gasteiger partial charge in [0.05, 0.1) is 9.26 Å². The number of phenols is 1. The van der Waals surface area contributed by atoms with Crippen molar-refractivity contribution in [1.82, 2.24) is 0 Å². The van der Waals surface area contributed by atoms with E-state index in [9.17, 15) is 9.90 Å². The number of amides is 1. The minimum absolute atomic E-state index is 0.0635. The molecule has 2 aromatic carbocycles. The lowest BCUT2D eigenvalue weighted by molar-refractivity contribution is 0.102. The maximum atomic E-state index is 12.2. The zero-order valence-electron chi connectivity index (χ0n) is 10.6. The van der Waals surface area contributed by atoms with Crippen molar-refractivity contribution < 1.29 is 9.90 Å². The van der Waals surface area contributed by atoms with Crippen LogP contribution < -0.4 is 11.1 Å². The van der Waals surface area contributed by atoms with Crippen LogP contribution in [0.3, 0.4) is 0 Å². The third kappa shape index (κ3) is 3.92. The van der Waals surface area contributed by atoms with Crippen LogP contribution in [0, 0.1) is 3.57 Å². The van der Waals surface area contributed by atoms with Crippen LogP contribution in [0.15, 0.2) is 40.9 Å². The Bertz CT molecular complexity index is 737. The number of carbonyl (C=O) groups is 1. The number of halogens is 2. The van der Waals surface area contributed by atoms with Crippen molar-refractivity contribution in [3.05, 3.63) is 55.6 Å². The summed E-state index contributed by atoms with van der Waals surface area (Å²) < 4.78 is 1.49. The molecule has 21 heavy (non-hydrogen) atoms. The molecular formula is C14H10BrIN2O2S. The quantitative estimate of drug-likeness (QED) is 0.467. The molecule has 0 saturated carbocycles. The van der Waals surface area contributed by atoms with Crippen molar-refractivity contribution in [2.24, 2.45) is 5.73 Å². The van der Waals surface area contributed by atoms with E-state index in [1.54, 1.807) is 30.3 Å². The highest BCUT2D eigenvalue weighted by Gasteiger charge is 2.12. The zero-order chi connectivity index (χ0) is 15.6. The molecule has 0 aliphatic rings. The smallest absolute Gasteiger partial charge is 0.255 e. The Morgan fingerprint density at radius 3 is 2.62 bits per heavy atom. The summed E-state index contributed by atoms with van der Waals surface area (Å²) in [6, 6.07) is 9.95. The number of carbonyl (C=O) groups excluding carboxylic acids is 1. The van der Waals surface area contributed by atoms with Gasteiger partial charge in [0.15, 0.2) is 0 Å². The fourth-order valence-electron chi connectivity index (χ4n) is 1.68. The summed E-state index contributed by atoms with van der Waals surface area (Å²) in [5.41, 5.74) is 7.11. The van der Waals surface area contributed by atoms with Gasteiger partial charge in [0.2, 0.25) is 0 Å². The van der Waals surface area contributed by atoms with E-state index in [0.717, 1.165) is 4.47 Å². The monoisotopic (exact) mass is 476 g/mol. The number of anilines is 1. The van der Waals surface area contributed by atoms with E-state index in [1.165, 1.54) is 6.07 Å². The number of hydrogen-bond donors (Lipinski definition) is 3. The zero-order valence-corrected chi connectivity index (χ0v) is 15.1. The summed E-state index contributed by atoms with van der Waals surface area (Å²) in [5, 5.41) is 12.4. The molecule has 0 heterocycles. The number of nitrogens with two attached hydrogens (primary N) is 1. The van der Waals surface area contributed by atoms with E-state index in [1.807, 2.05) is 22.6 Å². The summed E-state index contributed by atoms with van der Waals surface area (Å²) in [6.07, 6.45) is 0. The highest BCUT2D eigenvalue weighted by Crippen LogP contribution is 2.24. The second-order valence-corrected chi connectivity index (χ2v) is 6.69. The van der Waals surface area contributed by atoms with Crippen LogP contribution in [-0.4, -0.2) is 16.0 Å². The third-order valence-corrected chi connectivity index (χ3v) is 4.33. The second kappa shape index (κ2) is 6.71. The van der Waals surface area contributed by atoms with Gasteiger partial charge in [0.25, 0.3) is 5.91 Å². The van der Waals surface area contributed by atoms with E-state index in [0.29, 0.717) is 20.4 Å². The summed E-state index contributed by atoms with van der Waals surface area (Å²) in [6.45, 7) is 0. The number of hydrogen-bond acceptors (Lipinski definition) is 3. The summed E-state index contributed by atoms with van der Waals surface area (Å²) in [7, 11) is 0. The number of benzene rings is 2. The number of thiocarbonyl (C=S) groups is 1. The third-order valence-electron chi connectivity index (χ3n) is 2.70. The van der Waals surface area contributed by atoms with Crippen molar-refractivity contribution in [1.29, 1.82) is 0 Å². The fraction of sp³-hybridized carbons (Fsp3) is 0. The lowest BCUT2D eigenvalue weighted by Gasteiger charge is -2.11. The van der Waals surface area contributed by atoms with Gasteiger partial charge in [-0.25, -0.2) is 0 Å². The first kappa shape index (κ1) is 16.2. The molecule has 0 aliphatic carbocycles. The largest absolute Gasteiger partial charge is 0.507 e. The summed E-state index contributed by atoms with van der Waals surface area (Å²) >= 11 is 10.3. The topological polar surface area (TPSA) is 75.3 Å². The van der Waals surface area contributed by atoms with E-state index in [2.05, 4.69) is 21.2 Å². The molecule has 0 radical (unpaired) electrons. The van der Waals surface area contributed by atoms with Gasteiger partial charge in [-0.3, -0.25) is 4.79 Å². The summed E-state index contributed by atoms with van der Waals surface area (Å²) in [4.78, 5) is 12.4. The molecule has 2 aromatic rings. The van der Waals surface area contributed by atoms with Gasteiger partial charge in [-0.15, -0.1) is 0 Å². The Hall–Kier alpha value is -1.19. The van der Waals surface area contributed by atoms with Gasteiger partial charge in [-0.05, 0) is 59.0 Å². The molecule has 4 nitrogen and oxygen atoms in total. The molecule has 0 aliphatic heterocycles. The first-order chi connectivity index (χ1) is 9.88. The van der Waals surface area contributed by atoms with Crippen LogP contribution >= 0.6 is 50.7 Å². The Morgan fingerprint density at radius 2 is 2.00 bits per heavy atom. The van der Waals surface area contributed by atoms with E-state index in [4.69, 9.17) is 18.0 Å². The first-order valence-corrected chi connectivity index (χ1v) is 8.05. The van der Waals surface area contributed by atoms with Crippen molar-refractivity contribution in [2.75, 3.05) is 5.32 Å². The minimum atomic E-state index is -0.346. The minimum Gasteiger partial charge on any atom is -0.507 e. The molecular weight excluding hydrogens is 467 g/mol. The predicted octanol–water partition coefficient (Wildman–Crippen LogP) is 3.65. The first-order valence-electron chi connectivity index (χ1n) is 5.77. The van der Waals surface area contributed by atoms with Crippen molar-refractivity contribution in [2.45, 2.75) is 0 Å². The fourth-order valence-corrected chi connectivity index (χ4v) is 2.54. The van der Waals surface area contributed by atoms with Crippen molar-refractivity contribution >= 4 is 67.3 Å². The van der Waals surface area contributed by atoms with Crippen molar-refractivity contribution in [3.8, 4) is 5.75 Å². The molecule has 4 N–H and O–H groups in total.